The number of aromatic amines is 1. The summed E-state index contributed by atoms with van der Waals surface area (Å²) in [7, 11) is 0. The third kappa shape index (κ3) is 1.40. The SMILES string of the molecule is Cc1[nH]cnc1C(C)CBr. The van der Waals surface area contributed by atoms with Gasteiger partial charge in [-0.1, -0.05) is 22.9 Å². The van der Waals surface area contributed by atoms with E-state index < -0.39 is 0 Å². The summed E-state index contributed by atoms with van der Waals surface area (Å²) in [5.74, 6) is 0.506. The van der Waals surface area contributed by atoms with Crippen molar-refractivity contribution in [3.05, 3.63) is 17.7 Å². The van der Waals surface area contributed by atoms with Crippen molar-refractivity contribution in [1.29, 1.82) is 0 Å². The summed E-state index contributed by atoms with van der Waals surface area (Å²) in [5.41, 5.74) is 2.34. The molecule has 0 aliphatic carbocycles. The Morgan fingerprint density at radius 3 is 2.90 bits per heavy atom. The molecular weight excluding hydrogens is 192 g/mol. The summed E-state index contributed by atoms with van der Waals surface area (Å²) in [6.45, 7) is 4.19. The Morgan fingerprint density at radius 2 is 2.50 bits per heavy atom. The van der Waals surface area contributed by atoms with Crippen LogP contribution in [-0.2, 0) is 0 Å². The number of alkyl halides is 1. The minimum atomic E-state index is 0.506. The number of hydrogen-bond acceptors (Lipinski definition) is 1. The van der Waals surface area contributed by atoms with Crippen LogP contribution in [0.4, 0.5) is 0 Å². The van der Waals surface area contributed by atoms with E-state index in [1.165, 1.54) is 5.69 Å². The van der Waals surface area contributed by atoms with E-state index in [0.717, 1.165) is 11.0 Å². The van der Waals surface area contributed by atoms with Gasteiger partial charge in [-0.05, 0) is 6.92 Å². The van der Waals surface area contributed by atoms with Crippen LogP contribution in [0.15, 0.2) is 6.33 Å². The number of aromatic nitrogens is 2. The quantitative estimate of drug-likeness (QED) is 0.733. The van der Waals surface area contributed by atoms with Gasteiger partial charge in [-0.3, -0.25) is 0 Å². The van der Waals surface area contributed by atoms with Crippen LogP contribution in [0.3, 0.4) is 0 Å². The Hall–Kier alpha value is -0.310. The highest BCUT2D eigenvalue weighted by Gasteiger charge is 2.08. The van der Waals surface area contributed by atoms with Crippen molar-refractivity contribution in [3.8, 4) is 0 Å². The number of nitrogens with one attached hydrogen (secondary N) is 1. The van der Waals surface area contributed by atoms with Gasteiger partial charge in [0.25, 0.3) is 0 Å². The minimum Gasteiger partial charge on any atom is -0.348 e. The fourth-order valence-electron chi connectivity index (χ4n) is 0.939. The molecule has 0 fully saturated rings. The van der Waals surface area contributed by atoms with Gasteiger partial charge < -0.3 is 4.98 Å². The molecule has 0 aliphatic rings. The zero-order valence-electron chi connectivity index (χ0n) is 6.19. The number of hydrogen-bond donors (Lipinski definition) is 1. The van der Waals surface area contributed by atoms with E-state index in [2.05, 4.69) is 32.8 Å². The van der Waals surface area contributed by atoms with Crippen molar-refractivity contribution in [1.82, 2.24) is 9.97 Å². The zero-order valence-corrected chi connectivity index (χ0v) is 7.77. The first-order valence-corrected chi connectivity index (χ1v) is 4.43. The molecule has 0 aliphatic heterocycles. The van der Waals surface area contributed by atoms with Crippen LogP contribution in [-0.4, -0.2) is 15.3 Å². The van der Waals surface area contributed by atoms with Crippen molar-refractivity contribution < 1.29 is 0 Å². The maximum absolute atomic E-state index is 4.20. The van der Waals surface area contributed by atoms with Crippen LogP contribution in [0.5, 0.6) is 0 Å². The van der Waals surface area contributed by atoms with Crippen molar-refractivity contribution in [3.63, 3.8) is 0 Å². The number of H-pyrrole nitrogens is 1. The van der Waals surface area contributed by atoms with Gasteiger partial charge in [-0.25, -0.2) is 4.98 Å². The van der Waals surface area contributed by atoms with E-state index in [-0.39, 0.29) is 0 Å². The van der Waals surface area contributed by atoms with Gasteiger partial charge in [-0.15, -0.1) is 0 Å². The molecule has 0 aromatic carbocycles. The summed E-state index contributed by atoms with van der Waals surface area (Å²) in [6.07, 6.45) is 1.74. The van der Waals surface area contributed by atoms with Crippen molar-refractivity contribution in [2.75, 3.05) is 5.33 Å². The third-order valence-corrected chi connectivity index (χ3v) is 2.54. The molecule has 0 amide bonds. The summed E-state index contributed by atoms with van der Waals surface area (Å²) < 4.78 is 0. The topological polar surface area (TPSA) is 28.7 Å². The van der Waals surface area contributed by atoms with Crippen LogP contribution in [0.1, 0.15) is 24.2 Å². The molecule has 1 heterocycles. The van der Waals surface area contributed by atoms with Gasteiger partial charge in [0.1, 0.15) is 0 Å². The number of rotatable bonds is 2. The lowest BCUT2D eigenvalue weighted by Gasteiger charge is -2.03. The largest absolute Gasteiger partial charge is 0.348 e. The normalized spacial score (nSPS) is 13.5. The van der Waals surface area contributed by atoms with Crippen LogP contribution in [0, 0.1) is 6.92 Å². The lowest BCUT2D eigenvalue weighted by Crippen LogP contribution is -1.96. The summed E-state index contributed by atoms with van der Waals surface area (Å²) in [6, 6.07) is 0. The lowest BCUT2D eigenvalue weighted by atomic mass is 10.1. The fraction of sp³-hybridized carbons (Fsp3) is 0.571. The number of imidazole rings is 1. The molecule has 0 spiro atoms. The van der Waals surface area contributed by atoms with Gasteiger partial charge >= 0.3 is 0 Å². The van der Waals surface area contributed by atoms with Gasteiger partial charge in [0, 0.05) is 16.9 Å². The molecule has 1 N–H and O–H groups in total. The van der Waals surface area contributed by atoms with Gasteiger partial charge in [0.05, 0.1) is 12.0 Å². The van der Waals surface area contributed by atoms with E-state index in [1.807, 2.05) is 6.92 Å². The third-order valence-electron chi connectivity index (χ3n) is 1.57. The van der Waals surface area contributed by atoms with E-state index in [0.29, 0.717) is 5.92 Å². The molecule has 56 valence electrons. The summed E-state index contributed by atoms with van der Waals surface area (Å²) >= 11 is 3.42. The molecular formula is C7H11BrN2. The Kier molecular flexibility index (Phi) is 2.49. The van der Waals surface area contributed by atoms with Crippen molar-refractivity contribution in [2.24, 2.45) is 0 Å². The van der Waals surface area contributed by atoms with Gasteiger partial charge in [-0.2, -0.15) is 0 Å². The molecule has 3 heteroatoms. The molecule has 1 unspecified atom stereocenters. The van der Waals surface area contributed by atoms with E-state index in [4.69, 9.17) is 0 Å². The average Bonchev–Trinajstić information content (AvgIpc) is 2.34. The van der Waals surface area contributed by atoms with Crippen LogP contribution >= 0.6 is 15.9 Å². The standard InChI is InChI=1S/C7H11BrN2/c1-5(3-8)7-6(2)9-4-10-7/h4-5H,3H2,1-2H3,(H,9,10). The number of halogens is 1. The van der Waals surface area contributed by atoms with E-state index >= 15 is 0 Å². The first-order chi connectivity index (χ1) is 4.75. The van der Waals surface area contributed by atoms with Crippen LogP contribution in [0.2, 0.25) is 0 Å². The first-order valence-electron chi connectivity index (χ1n) is 3.31. The highest BCUT2D eigenvalue weighted by atomic mass is 79.9. The molecule has 2 nitrogen and oxygen atoms in total. The second kappa shape index (κ2) is 3.19. The predicted octanol–water partition coefficient (Wildman–Crippen LogP) is 2.22. The molecule has 1 aromatic rings. The smallest absolute Gasteiger partial charge is 0.0925 e. The fourth-order valence-corrected chi connectivity index (χ4v) is 1.25. The maximum Gasteiger partial charge on any atom is 0.0925 e. The first kappa shape index (κ1) is 7.79. The maximum atomic E-state index is 4.20. The average molecular weight is 203 g/mol. The molecule has 0 saturated heterocycles. The molecule has 10 heavy (non-hydrogen) atoms. The Labute approximate surface area is 69.2 Å². The highest BCUT2D eigenvalue weighted by molar-refractivity contribution is 9.09. The Bertz CT molecular complexity index is 207. The van der Waals surface area contributed by atoms with Crippen molar-refractivity contribution >= 4 is 15.9 Å². The molecule has 1 rings (SSSR count). The molecule has 0 saturated carbocycles. The minimum absolute atomic E-state index is 0.506. The van der Waals surface area contributed by atoms with Gasteiger partial charge in [0.15, 0.2) is 0 Å². The second-order valence-corrected chi connectivity index (χ2v) is 3.12. The van der Waals surface area contributed by atoms with E-state index in [1.54, 1.807) is 6.33 Å². The molecule has 0 bridgehead atoms. The number of aryl methyl sites for hydroxylation is 1. The Morgan fingerprint density at radius 1 is 1.80 bits per heavy atom. The van der Waals surface area contributed by atoms with Gasteiger partial charge in [0.2, 0.25) is 0 Å². The van der Waals surface area contributed by atoms with E-state index in [9.17, 15) is 0 Å². The molecule has 1 atom stereocenters. The van der Waals surface area contributed by atoms with Crippen molar-refractivity contribution in [2.45, 2.75) is 19.8 Å². The van der Waals surface area contributed by atoms with Crippen LogP contribution in [0.25, 0.3) is 0 Å². The molecule has 0 radical (unpaired) electrons. The monoisotopic (exact) mass is 202 g/mol. The number of nitrogens with zero attached hydrogens (tertiary/aromatic N) is 1. The lowest BCUT2D eigenvalue weighted by molar-refractivity contribution is 0.840. The second-order valence-electron chi connectivity index (χ2n) is 2.47. The Balaban J connectivity index is 2.82. The molecule has 1 aromatic heterocycles. The predicted molar refractivity (Wildman–Crippen MR) is 45.5 cm³/mol. The summed E-state index contributed by atoms with van der Waals surface area (Å²) in [5, 5.41) is 0.971. The summed E-state index contributed by atoms with van der Waals surface area (Å²) in [4.78, 5) is 7.25. The zero-order chi connectivity index (χ0) is 7.56. The van der Waals surface area contributed by atoms with Crippen LogP contribution < -0.4 is 0 Å². The highest BCUT2D eigenvalue weighted by Crippen LogP contribution is 2.16.